The summed E-state index contributed by atoms with van der Waals surface area (Å²) in [5, 5.41) is 3.09. The van der Waals surface area contributed by atoms with E-state index in [1.807, 2.05) is 23.6 Å². The third kappa shape index (κ3) is 3.61. The molecule has 3 rings (SSSR count). The fraction of sp³-hybridized carbons (Fsp3) is 0.474. The number of amides is 2. The lowest BCUT2D eigenvalue weighted by Crippen LogP contribution is -2.44. The van der Waals surface area contributed by atoms with E-state index in [0.717, 1.165) is 25.9 Å². The number of aromatic nitrogens is 2. The maximum absolute atomic E-state index is 12.4. The minimum absolute atomic E-state index is 0.0402. The van der Waals surface area contributed by atoms with Crippen molar-refractivity contribution in [2.75, 3.05) is 13.1 Å². The summed E-state index contributed by atoms with van der Waals surface area (Å²) in [6.45, 7) is 8.50. The summed E-state index contributed by atoms with van der Waals surface area (Å²) in [6.07, 6.45) is 7.64. The van der Waals surface area contributed by atoms with Gasteiger partial charge >= 0.3 is 6.03 Å². The Hall–Kier alpha value is -2.30. The number of aryl methyl sites for hydroxylation is 3. The van der Waals surface area contributed by atoms with Gasteiger partial charge < -0.3 is 14.8 Å². The Morgan fingerprint density at radius 3 is 2.46 bits per heavy atom. The number of nitrogens with one attached hydrogen (secondary N) is 1. The molecule has 1 fully saturated rings. The molecule has 0 atom stereocenters. The van der Waals surface area contributed by atoms with E-state index < -0.39 is 0 Å². The SMILES string of the molecule is Cc1cc(C)c(CNC(=O)N2CCC(n3ccnc3)CC2)c(C)c1. The van der Waals surface area contributed by atoms with Crippen LogP contribution in [0.15, 0.2) is 30.9 Å². The lowest BCUT2D eigenvalue weighted by molar-refractivity contribution is 0.171. The molecule has 0 unspecified atom stereocenters. The van der Waals surface area contributed by atoms with Gasteiger partial charge in [-0.3, -0.25) is 0 Å². The zero-order valence-corrected chi connectivity index (χ0v) is 14.7. The summed E-state index contributed by atoms with van der Waals surface area (Å²) in [4.78, 5) is 18.5. The molecule has 2 aromatic rings. The molecule has 2 amide bonds. The van der Waals surface area contributed by atoms with Crippen molar-refractivity contribution in [2.45, 2.75) is 46.2 Å². The smallest absolute Gasteiger partial charge is 0.317 e. The van der Waals surface area contributed by atoms with Crippen molar-refractivity contribution in [3.8, 4) is 0 Å². The highest BCUT2D eigenvalue weighted by atomic mass is 16.2. The van der Waals surface area contributed by atoms with E-state index in [1.165, 1.54) is 22.3 Å². The number of imidazole rings is 1. The summed E-state index contributed by atoms with van der Waals surface area (Å²) in [7, 11) is 0. The van der Waals surface area contributed by atoms with E-state index in [1.54, 1.807) is 0 Å². The van der Waals surface area contributed by atoms with E-state index in [0.29, 0.717) is 12.6 Å². The summed E-state index contributed by atoms with van der Waals surface area (Å²) in [5.41, 5.74) is 4.97. The fourth-order valence-electron chi connectivity index (χ4n) is 3.62. The molecule has 5 nitrogen and oxygen atoms in total. The minimum Gasteiger partial charge on any atom is -0.334 e. The number of urea groups is 1. The van der Waals surface area contributed by atoms with Gasteiger partial charge in [0.2, 0.25) is 0 Å². The van der Waals surface area contributed by atoms with Crippen LogP contribution in [0.1, 0.15) is 41.1 Å². The molecule has 1 aliphatic rings. The predicted octanol–water partition coefficient (Wildman–Crippen LogP) is 3.36. The maximum Gasteiger partial charge on any atom is 0.317 e. The molecule has 128 valence electrons. The highest BCUT2D eigenvalue weighted by Crippen LogP contribution is 2.22. The van der Waals surface area contributed by atoms with Crippen molar-refractivity contribution in [2.24, 2.45) is 0 Å². The van der Waals surface area contributed by atoms with Crippen LogP contribution in [0.5, 0.6) is 0 Å². The quantitative estimate of drug-likeness (QED) is 0.940. The van der Waals surface area contributed by atoms with Crippen LogP contribution in [0.25, 0.3) is 0 Å². The van der Waals surface area contributed by atoms with Crippen LogP contribution < -0.4 is 5.32 Å². The second-order valence-electron chi connectivity index (χ2n) is 6.76. The fourth-order valence-corrected chi connectivity index (χ4v) is 3.62. The zero-order chi connectivity index (χ0) is 17.1. The van der Waals surface area contributed by atoms with Crippen LogP contribution in [0.4, 0.5) is 4.79 Å². The lowest BCUT2D eigenvalue weighted by Gasteiger charge is -2.32. The second kappa shape index (κ2) is 7.07. The van der Waals surface area contributed by atoms with Gasteiger partial charge in [-0.15, -0.1) is 0 Å². The number of carbonyl (C=O) groups is 1. The van der Waals surface area contributed by atoms with Crippen molar-refractivity contribution in [3.63, 3.8) is 0 Å². The molecule has 0 spiro atoms. The van der Waals surface area contributed by atoms with Crippen molar-refractivity contribution in [1.82, 2.24) is 19.8 Å². The Morgan fingerprint density at radius 2 is 1.88 bits per heavy atom. The van der Waals surface area contributed by atoms with Gasteiger partial charge in [-0.1, -0.05) is 17.7 Å². The van der Waals surface area contributed by atoms with E-state index in [-0.39, 0.29) is 6.03 Å². The molecular formula is C19H26N4O. The largest absolute Gasteiger partial charge is 0.334 e. The Morgan fingerprint density at radius 1 is 1.21 bits per heavy atom. The Kier molecular flexibility index (Phi) is 4.88. The van der Waals surface area contributed by atoms with Crippen molar-refractivity contribution in [1.29, 1.82) is 0 Å². The van der Waals surface area contributed by atoms with Crippen LogP contribution in [0.2, 0.25) is 0 Å². The standard InChI is InChI=1S/C19H26N4O/c1-14-10-15(2)18(16(3)11-14)12-21-19(24)22-7-4-17(5-8-22)23-9-6-20-13-23/h6,9-11,13,17H,4-5,7-8,12H2,1-3H3,(H,21,24). The second-order valence-corrected chi connectivity index (χ2v) is 6.76. The first-order chi connectivity index (χ1) is 11.5. The van der Waals surface area contributed by atoms with E-state index >= 15 is 0 Å². The number of piperidine rings is 1. The van der Waals surface area contributed by atoms with E-state index in [9.17, 15) is 4.79 Å². The Balaban J connectivity index is 1.53. The third-order valence-electron chi connectivity index (χ3n) is 4.95. The molecule has 1 aliphatic heterocycles. The lowest BCUT2D eigenvalue weighted by atomic mass is 10.00. The van der Waals surface area contributed by atoms with Gasteiger partial charge in [0, 0.05) is 38.1 Å². The minimum atomic E-state index is 0.0402. The number of nitrogens with zero attached hydrogens (tertiary/aromatic N) is 3. The molecule has 1 aromatic heterocycles. The van der Waals surface area contributed by atoms with E-state index in [4.69, 9.17) is 0 Å². The molecule has 0 aliphatic carbocycles. The number of carbonyl (C=O) groups excluding carboxylic acids is 1. The van der Waals surface area contributed by atoms with Gasteiger partial charge in [0.15, 0.2) is 0 Å². The van der Waals surface area contributed by atoms with Crippen LogP contribution in [0, 0.1) is 20.8 Å². The molecule has 1 saturated heterocycles. The molecule has 24 heavy (non-hydrogen) atoms. The maximum atomic E-state index is 12.4. The van der Waals surface area contributed by atoms with Crippen LogP contribution in [-0.2, 0) is 6.54 Å². The van der Waals surface area contributed by atoms with Crippen LogP contribution >= 0.6 is 0 Å². The van der Waals surface area contributed by atoms with Gasteiger partial charge in [0.05, 0.1) is 6.33 Å². The number of likely N-dealkylation sites (tertiary alicyclic amines) is 1. The highest BCUT2D eigenvalue weighted by molar-refractivity contribution is 5.74. The molecule has 0 saturated carbocycles. The van der Waals surface area contributed by atoms with Gasteiger partial charge in [-0.2, -0.15) is 0 Å². The Labute approximate surface area is 143 Å². The molecule has 1 aromatic carbocycles. The molecule has 1 N–H and O–H groups in total. The summed E-state index contributed by atoms with van der Waals surface area (Å²) in [6, 6.07) is 4.84. The monoisotopic (exact) mass is 326 g/mol. The number of rotatable bonds is 3. The van der Waals surface area contributed by atoms with Crippen molar-refractivity contribution in [3.05, 3.63) is 53.1 Å². The molecule has 0 radical (unpaired) electrons. The Bertz CT molecular complexity index is 677. The van der Waals surface area contributed by atoms with Crippen molar-refractivity contribution >= 4 is 6.03 Å². The van der Waals surface area contributed by atoms with Gasteiger partial charge in [0.25, 0.3) is 0 Å². The molecule has 0 bridgehead atoms. The average Bonchev–Trinajstić information content (AvgIpc) is 3.08. The first-order valence-corrected chi connectivity index (χ1v) is 8.61. The predicted molar refractivity (Wildman–Crippen MR) is 95.0 cm³/mol. The number of benzene rings is 1. The zero-order valence-electron chi connectivity index (χ0n) is 14.7. The van der Waals surface area contributed by atoms with Gasteiger partial charge in [-0.25, -0.2) is 9.78 Å². The molecule has 5 heteroatoms. The first-order valence-electron chi connectivity index (χ1n) is 8.61. The van der Waals surface area contributed by atoms with Crippen LogP contribution in [0.3, 0.4) is 0 Å². The van der Waals surface area contributed by atoms with Crippen LogP contribution in [-0.4, -0.2) is 33.6 Å². The van der Waals surface area contributed by atoms with Crippen molar-refractivity contribution < 1.29 is 4.79 Å². The summed E-state index contributed by atoms with van der Waals surface area (Å²) < 4.78 is 2.15. The van der Waals surface area contributed by atoms with E-state index in [2.05, 4.69) is 47.8 Å². The highest BCUT2D eigenvalue weighted by Gasteiger charge is 2.23. The number of hydrogen-bond donors (Lipinski definition) is 1. The van der Waals surface area contributed by atoms with Gasteiger partial charge in [0.1, 0.15) is 0 Å². The topological polar surface area (TPSA) is 50.2 Å². The summed E-state index contributed by atoms with van der Waals surface area (Å²) in [5.74, 6) is 0. The third-order valence-corrected chi connectivity index (χ3v) is 4.95. The molecule has 2 heterocycles. The van der Waals surface area contributed by atoms with Gasteiger partial charge in [-0.05, 0) is 50.3 Å². The summed E-state index contributed by atoms with van der Waals surface area (Å²) >= 11 is 0. The molecular weight excluding hydrogens is 300 g/mol. The first kappa shape index (κ1) is 16.6. The normalized spacial score (nSPS) is 15.5. The number of hydrogen-bond acceptors (Lipinski definition) is 2. The average molecular weight is 326 g/mol.